The summed E-state index contributed by atoms with van der Waals surface area (Å²) in [4.78, 5) is 42.5. The third kappa shape index (κ3) is 7.75. The highest BCUT2D eigenvalue weighted by Gasteiger charge is 2.61. The number of benzene rings is 2. The van der Waals surface area contributed by atoms with Gasteiger partial charge in [-0.3, -0.25) is 4.79 Å². The number of alkyl halides is 3. The van der Waals surface area contributed by atoms with Crippen molar-refractivity contribution in [3.05, 3.63) is 85.8 Å². The molecule has 1 amide bonds. The summed E-state index contributed by atoms with van der Waals surface area (Å²) < 4.78 is 74.5. The van der Waals surface area contributed by atoms with E-state index in [9.17, 15) is 32.8 Å². The first kappa shape index (κ1) is 36.2. The molecule has 2 heterocycles. The minimum atomic E-state index is -5.51. The SMILES string of the molecule is CC(C)(C)C[C@@H]1N[C@@H](C(=O)N[C@@H](Cc2cscn2)C(=O)OC(=O)C(F)(F)F)[C@H](c2cccc(Cl)c2F)[C@@]1(C#N)c1ccc(Cl)cc1F. The summed E-state index contributed by atoms with van der Waals surface area (Å²) in [6.45, 7) is 5.48. The molecule has 8 nitrogen and oxygen atoms in total. The number of halogens is 7. The Kier molecular flexibility index (Phi) is 10.7. The average molecular weight is 718 g/mol. The Labute approximate surface area is 280 Å². The lowest BCUT2D eigenvalue weighted by atomic mass is 9.62. The van der Waals surface area contributed by atoms with Crippen molar-refractivity contribution in [1.82, 2.24) is 15.6 Å². The van der Waals surface area contributed by atoms with Crippen molar-refractivity contribution in [1.29, 1.82) is 5.26 Å². The standard InChI is InChI=1S/C31H27Cl2F5N4O4S/c1-29(2,3)11-22-30(13-39,18-8-7-15(32)9-20(18)34)23(17-5-4-6-19(33)24(17)35)25(42-22)26(43)41-21(10-16-12-47-14-40-16)27(44)46-28(45)31(36,37)38/h4-9,12,14,21-23,25,42H,10-11H2,1-3H3,(H,41,43)/t21-,22-,23-,25+,30-/m0/s1. The molecule has 0 radical (unpaired) electrons. The zero-order valence-electron chi connectivity index (χ0n) is 24.9. The maximum Gasteiger partial charge on any atom is 0.491 e. The molecule has 1 saturated heterocycles. The summed E-state index contributed by atoms with van der Waals surface area (Å²) in [5, 5.41) is 17.4. The molecule has 0 aliphatic carbocycles. The highest BCUT2D eigenvalue weighted by atomic mass is 35.5. The lowest BCUT2D eigenvalue weighted by Gasteiger charge is -2.37. The number of hydrogen-bond donors (Lipinski definition) is 2. The number of nitrogens with one attached hydrogen (secondary N) is 2. The van der Waals surface area contributed by atoms with Gasteiger partial charge >= 0.3 is 18.1 Å². The first-order valence-corrected chi connectivity index (χ1v) is 15.7. The molecule has 5 atom stereocenters. The normalized spacial score (nSPS) is 21.9. The number of amides is 1. The second kappa shape index (κ2) is 13.8. The molecule has 16 heteroatoms. The minimum absolute atomic E-state index is 0.00856. The first-order valence-electron chi connectivity index (χ1n) is 14.0. The molecule has 4 rings (SSSR count). The molecule has 1 fully saturated rings. The molecule has 0 bridgehead atoms. The van der Waals surface area contributed by atoms with Gasteiger partial charge < -0.3 is 15.4 Å². The van der Waals surface area contributed by atoms with Gasteiger partial charge in [0, 0.05) is 34.3 Å². The predicted octanol–water partition coefficient (Wildman–Crippen LogP) is 6.41. The van der Waals surface area contributed by atoms with E-state index in [0.717, 1.165) is 17.4 Å². The number of ether oxygens (including phenoxy) is 1. The quantitative estimate of drug-likeness (QED) is 0.157. The van der Waals surface area contributed by atoms with E-state index in [2.05, 4.69) is 26.4 Å². The van der Waals surface area contributed by atoms with Crippen LogP contribution in [0.25, 0.3) is 0 Å². The van der Waals surface area contributed by atoms with Gasteiger partial charge in [0.05, 0.1) is 28.3 Å². The van der Waals surface area contributed by atoms with Crippen molar-refractivity contribution in [3.8, 4) is 6.07 Å². The molecule has 250 valence electrons. The number of hydrogen-bond acceptors (Lipinski definition) is 8. The van der Waals surface area contributed by atoms with Gasteiger partial charge in [-0.15, -0.1) is 11.3 Å². The monoisotopic (exact) mass is 716 g/mol. The van der Waals surface area contributed by atoms with Crippen LogP contribution in [0.15, 0.2) is 47.3 Å². The number of aromatic nitrogens is 1. The summed E-state index contributed by atoms with van der Waals surface area (Å²) in [6.07, 6.45) is -5.86. The lowest BCUT2D eigenvalue weighted by molar-refractivity contribution is -0.202. The van der Waals surface area contributed by atoms with Gasteiger partial charge in [-0.2, -0.15) is 18.4 Å². The van der Waals surface area contributed by atoms with E-state index < -0.39 is 77.0 Å². The fourth-order valence-corrected chi connectivity index (χ4v) is 6.69. The first-order chi connectivity index (χ1) is 21.9. The second-order valence-electron chi connectivity index (χ2n) is 12.1. The van der Waals surface area contributed by atoms with E-state index >= 15 is 8.78 Å². The van der Waals surface area contributed by atoms with Crippen molar-refractivity contribution in [3.63, 3.8) is 0 Å². The molecular weight excluding hydrogens is 690 g/mol. The second-order valence-corrected chi connectivity index (χ2v) is 13.7. The smallest absolute Gasteiger partial charge is 0.385 e. The number of rotatable bonds is 8. The molecule has 1 aliphatic heterocycles. The average Bonchev–Trinajstić information content (AvgIpc) is 3.59. The Balaban J connectivity index is 1.88. The number of esters is 2. The molecule has 0 unspecified atom stereocenters. The van der Waals surface area contributed by atoms with E-state index in [0.29, 0.717) is 0 Å². The van der Waals surface area contributed by atoms with Crippen molar-refractivity contribution in [2.75, 3.05) is 0 Å². The highest BCUT2D eigenvalue weighted by Crippen LogP contribution is 2.52. The van der Waals surface area contributed by atoms with E-state index in [1.807, 2.05) is 20.8 Å². The van der Waals surface area contributed by atoms with Gasteiger partial charge in [-0.05, 0) is 35.6 Å². The molecule has 0 saturated carbocycles. The molecular formula is C31H27Cl2F5N4O4S. The van der Waals surface area contributed by atoms with E-state index in [-0.39, 0.29) is 33.3 Å². The Morgan fingerprint density at radius 2 is 1.87 bits per heavy atom. The van der Waals surface area contributed by atoms with Gasteiger partial charge in [0.2, 0.25) is 5.91 Å². The van der Waals surface area contributed by atoms with Gasteiger partial charge in [-0.1, -0.05) is 62.2 Å². The van der Waals surface area contributed by atoms with Crippen LogP contribution in [0, 0.1) is 28.4 Å². The van der Waals surface area contributed by atoms with Crippen LogP contribution in [0.3, 0.4) is 0 Å². The zero-order chi connectivity index (χ0) is 34.9. The summed E-state index contributed by atoms with van der Waals surface area (Å²) in [5.41, 5.74) is -1.47. The van der Waals surface area contributed by atoms with Crippen molar-refractivity contribution in [2.45, 2.75) is 69.2 Å². The zero-order valence-corrected chi connectivity index (χ0v) is 27.3. The lowest BCUT2D eigenvalue weighted by Crippen LogP contribution is -2.52. The molecule has 2 aromatic carbocycles. The third-order valence-corrected chi connectivity index (χ3v) is 8.82. The molecule has 3 aromatic rings. The maximum atomic E-state index is 15.9. The van der Waals surface area contributed by atoms with Crippen LogP contribution in [-0.2, 0) is 31.0 Å². The molecule has 47 heavy (non-hydrogen) atoms. The fraction of sp³-hybridized carbons (Fsp3) is 0.387. The van der Waals surface area contributed by atoms with Gasteiger partial charge in [0.15, 0.2) is 0 Å². The van der Waals surface area contributed by atoms with E-state index in [4.69, 9.17) is 23.2 Å². The topological polar surface area (TPSA) is 121 Å². The molecule has 0 spiro atoms. The Bertz CT molecular complexity index is 1710. The molecule has 2 N–H and O–H groups in total. The van der Waals surface area contributed by atoms with Crippen LogP contribution in [0.5, 0.6) is 0 Å². The van der Waals surface area contributed by atoms with Crippen molar-refractivity contribution in [2.24, 2.45) is 5.41 Å². The number of thiazole rings is 1. The Morgan fingerprint density at radius 1 is 1.17 bits per heavy atom. The molecule has 1 aliphatic rings. The van der Waals surface area contributed by atoms with Gasteiger partial charge in [-0.25, -0.2) is 23.4 Å². The van der Waals surface area contributed by atoms with Crippen LogP contribution in [0.1, 0.15) is 49.9 Å². The number of nitrogens with zero attached hydrogens (tertiary/aromatic N) is 2. The number of carbonyl (C=O) groups excluding carboxylic acids is 3. The highest BCUT2D eigenvalue weighted by molar-refractivity contribution is 7.07. The van der Waals surface area contributed by atoms with Gasteiger partial charge in [0.1, 0.15) is 23.1 Å². The van der Waals surface area contributed by atoms with Crippen LogP contribution < -0.4 is 10.6 Å². The van der Waals surface area contributed by atoms with Crippen molar-refractivity contribution < 1.29 is 41.1 Å². The number of carbonyl (C=O) groups is 3. The third-order valence-electron chi connectivity index (χ3n) is 7.65. The summed E-state index contributed by atoms with van der Waals surface area (Å²) in [6, 6.07) is 5.08. The summed E-state index contributed by atoms with van der Waals surface area (Å²) in [7, 11) is 0. The number of nitriles is 1. The fourth-order valence-electron chi connectivity index (χ4n) is 5.78. The summed E-state index contributed by atoms with van der Waals surface area (Å²) >= 11 is 13.2. The van der Waals surface area contributed by atoms with Crippen LogP contribution in [-0.4, -0.2) is 47.1 Å². The van der Waals surface area contributed by atoms with Crippen LogP contribution in [0.4, 0.5) is 22.0 Å². The summed E-state index contributed by atoms with van der Waals surface area (Å²) in [5.74, 6) is -9.07. The Morgan fingerprint density at radius 3 is 2.45 bits per heavy atom. The van der Waals surface area contributed by atoms with Crippen LogP contribution >= 0.6 is 34.5 Å². The van der Waals surface area contributed by atoms with Crippen LogP contribution in [0.2, 0.25) is 10.0 Å². The van der Waals surface area contributed by atoms with Gasteiger partial charge in [0.25, 0.3) is 0 Å². The molecule has 1 aromatic heterocycles. The minimum Gasteiger partial charge on any atom is -0.385 e. The predicted molar refractivity (Wildman–Crippen MR) is 163 cm³/mol. The van der Waals surface area contributed by atoms with E-state index in [1.165, 1.54) is 41.2 Å². The van der Waals surface area contributed by atoms with Crippen molar-refractivity contribution >= 4 is 52.4 Å². The van der Waals surface area contributed by atoms with E-state index in [1.54, 1.807) is 0 Å². The Hall–Kier alpha value is -3.64. The maximum absolute atomic E-state index is 15.9. The largest absolute Gasteiger partial charge is 0.491 e.